The van der Waals surface area contributed by atoms with E-state index in [2.05, 4.69) is 45.8 Å². The Kier molecular flexibility index (Phi) is 3.55. The third-order valence-electron chi connectivity index (χ3n) is 5.56. The number of H-pyrrole nitrogens is 1. The monoisotopic (exact) mass is 387 g/mol. The molecule has 10 nitrogen and oxygen atoms in total. The van der Waals surface area contributed by atoms with E-state index in [1.54, 1.807) is 12.3 Å². The number of hydrogen-bond donors (Lipinski definition) is 2. The summed E-state index contributed by atoms with van der Waals surface area (Å²) in [7, 11) is 0. The number of aromatic nitrogens is 7. The Morgan fingerprint density at radius 3 is 2.72 bits per heavy atom. The van der Waals surface area contributed by atoms with Gasteiger partial charge in [-0.05, 0) is 30.0 Å². The molecule has 2 aliphatic rings. The van der Waals surface area contributed by atoms with Gasteiger partial charge in [0.25, 0.3) is 5.89 Å². The van der Waals surface area contributed by atoms with E-state index >= 15 is 0 Å². The molecule has 0 amide bonds. The minimum atomic E-state index is 0.382. The highest BCUT2D eigenvalue weighted by molar-refractivity contribution is 5.56. The van der Waals surface area contributed by atoms with Crippen molar-refractivity contribution in [2.75, 3.05) is 23.3 Å². The topological polar surface area (TPSA) is 122 Å². The van der Waals surface area contributed by atoms with Crippen molar-refractivity contribution in [3.8, 4) is 11.6 Å². The Hall–Kier alpha value is -3.82. The van der Waals surface area contributed by atoms with Crippen LogP contribution >= 0.6 is 0 Å². The standard InChI is InChI=1S/C19H17N9O/c1-2-4-11(5-3-1)22-18-20-7-6-14(23-18)17-25-26-19(29-17)28-9-12-13(10-28)16(12)15-8-21-27-24-15/h1-8,12-13,16H,9-10H2,(H,20,22,23)(H,21,24,27). The summed E-state index contributed by atoms with van der Waals surface area (Å²) in [4.78, 5) is 10.9. The van der Waals surface area contributed by atoms with Gasteiger partial charge in [0.15, 0.2) is 0 Å². The molecular formula is C19H17N9O. The van der Waals surface area contributed by atoms with E-state index in [1.165, 1.54) is 0 Å². The number of hydrogen-bond acceptors (Lipinski definition) is 9. The number of fused-ring (bicyclic) bond motifs is 1. The van der Waals surface area contributed by atoms with Crippen molar-refractivity contribution < 1.29 is 4.42 Å². The molecule has 1 saturated carbocycles. The highest BCUT2D eigenvalue weighted by atomic mass is 16.4. The molecule has 6 rings (SSSR count). The minimum absolute atomic E-state index is 0.382. The van der Waals surface area contributed by atoms with Crippen LogP contribution < -0.4 is 10.2 Å². The van der Waals surface area contributed by atoms with Gasteiger partial charge in [-0.2, -0.15) is 15.4 Å². The molecule has 29 heavy (non-hydrogen) atoms. The van der Waals surface area contributed by atoms with E-state index in [1.807, 2.05) is 36.5 Å². The number of aromatic amines is 1. The molecule has 10 heteroatoms. The first-order chi connectivity index (χ1) is 14.3. The van der Waals surface area contributed by atoms with Gasteiger partial charge in [0.05, 0.1) is 11.9 Å². The highest BCUT2D eigenvalue weighted by Gasteiger charge is 2.58. The predicted molar refractivity (Wildman–Crippen MR) is 103 cm³/mol. The number of nitrogens with zero attached hydrogens (tertiary/aromatic N) is 7. The number of anilines is 3. The quantitative estimate of drug-likeness (QED) is 0.531. The zero-order chi connectivity index (χ0) is 19.2. The molecule has 2 atom stereocenters. The molecule has 2 fully saturated rings. The Morgan fingerprint density at radius 2 is 1.93 bits per heavy atom. The summed E-state index contributed by atoms with van der Waals surface area (Å²) in [6, 6.07) is 12.0. The largest absolute Gasteiger partial charge is 0.402 e. The van der Waals surface area contributed by atoms with E-state index in [0.717, 1.165) is 24.5 Å². The summed E-state index contributed by atoms with van der Waals surface area (Å²) in [5, 5.41) is 22.4. The van der Waals surface area contributed by atoms with Crippen LogP contribution in [0.25, 0.3) is 11.6 Å². The molecular weight excluding hydrogens is 370 g/mol. The smallest absolute Gasteiger partial charge is 0.318 e. The summed E-state index contributed by atoms with van der Waals surface area (Å²) < 4.78 is 5.91. The van der Waals surface area contributed by atoms with Crippen LogP contribution in [-0.2, 0) is 0 Å². The Balaban J connectivity index is 1.16. The van der Waals surface area contributed by atoms with Crippen molar-refractivity contribution in [3.05, 3.63) is 54.5 Å². The van der Waals surface area contributed by atoms with Gasteiger partial charge < -0.3 is 14.6 Å². The molecule has 1 aliphatic carbocycles. The van der Waals surface area contributed by atoms with Crippen LogP contribution in [0, 0.1) is 11.8 Å². The fraction of sp³-hybridized carbons (Fsp3) is 0.263. The highest BCUT2D eigenvalue weighted by Crippen LogP contribution is 2.58. The number of para-hydroxylation sites is 1. The lowest BCUT2D eigenvalue weighted by molar-refractivity contribution is 0.542. The van der Waals surface area contributed by atoms with Gasteiger partial charge in [0.2, 0.25) is 5.95 Å². The number of rotatable bonds is 5. The van der Waals surface area contributed by atoms with Crippen molar-refractivity contribution in [2.45, 2.75) is 5.92 Å². The van der Waals surface area contributed by atoms with Crippen LogP contribution in [-0.4, -0.2) is 48.7 Å². The Bertz CT molecular complexity index is 1120. The maximum absolute atomic E-state index is 5.91. The average molecular weight is 387 g/mol. The van der Waals surface area contributed by atoms with Crippen molar-refractivity contribution in [2.24, 2.45) is 11.8 Å². The van der Waals surface area contributed by atoms with Crippen molar-refractivity contribution in [1.29, 1.82) is 0 Å². The molecule has 1 aromatic carbocycles. The Morgan fingerprint density at radius 1 is 1.07 bits per heavy atom. The second kappa shape index (κ2) is 6.36. The summed E-state index contributed by atoms with van der Waals surface area (Å²) in [6.07, 6.45) is 3.49. The van der Waals surface area contributed by atoms with E-state index in [-0.39, 0.29) is 0 Å². The van der Waals surface area contributed by atoms with Crippen molar-refractivity contribution >= 4 is 17.7 Å². The van der Waals surface area contributed by atoms with E-state index in [0.29, 0.717) is 41.3 Å². The minimum Gasteiger partial charge on any atom is -0.402 e. The van der Waals surface area contributed by atoms with Crippen LogP contribution in [0.3, 0.4) is 0 Å². The van der Waals surface area contributed by atoms with Crippen LogP contribution in [0.1, 0.15) is 11.6 Å². The summed E-state index contributed by atoms with van der Waals surface area (Å²) >= 11 is 0. The third-order valence-corrected chi connectivity index (χ3v) is 5.56. The number of benzene rings is 1. The van der Waals surface area contributed by atoms with Gasteiger partial charge in [-0.15, -0.1) is 5.10 Å². The van der Waals surface area contributed by atoms with Crippen molar-refractivity contribution in [1.82, 2.24) is 35.6 Å². The van der Waals surface area contributed by atoms with Crippen molar-refractivity contribution in [3.63, 3.8) is 0 Å². The molecule has 0 bridgehead atoms. The molecule has 144 valence electrons. The van der Waals surface area contributed by atoms with Gasteiger partial charge in [0, 0.05) is 30.9 Å². The predicted octanol–water partition coefficient (Wildman–Crippen LogP) is 2.24. The van der Waals surface area contributed by atoms with Crippen LogP contribution in [0.5, 0.6) is 0 Å². The fourth-order valence-corrected chi connectivity index (χ4v) is 4.13. The van der Waals surface area contributed by atoms with Crippen LogP contribution in [0.15, 0.2) is 53.2 Å². The molecule has 3 aromatic heterocycles. The van der Waals surface area contributed by atoms with Gasteiger partial charge in [-0.1, -0.05) is 23.3 Å². The molecule has 1 aliphatic heterocycles. The SMILES string of the molecule is c1ccc(Nc2nccc(-c3nnc(N4CC5C(C4)C5c4cn[nH]n4)o3)n2)cc1. The van der Waals surface area contributed by atoms with Gasteiger partial charge >= 0.3 is 6.01 Å². The lowest BCUT2D eigenvalue weighted by atomic mass is 10.2. The second-order valence-electron chi connectivity index (χ2n) is 7.30. The van der Waals surface area contributed by atoms with Gasteiger partial charge in [0.1, 0.15) is 5.69 Å². The summed E-state index contributed by atoms with van der Waals surface area (Å²) in [5.74, 6) is 2.48. The molecule has 1 saturated heterocycles. The Labute approximate surface area is 165 Å². The second-order valence-corrected chi connectivity index (χ2v) is 7.30. The average Bonchev–Trinajstić information content (AvgIpc) is 3.30. The zero-order valence-electron chi connectivity index (χ0n) is 15.3. The van der Waals surface area contributed by atoms with Crippen LogP contribution in [0.4, 0.5) is 17.7 Å². The van der Waals surface area contributed by atoms with Crippen LogP contribution in [0.2, 0.25) is 0 Å². The maximum atomic E-state index is 5.91. The molecule has 4 heterocycles. The lowest BCUT2D eigenvalue weighted by Crippen LogP contribution is -2.23. The van der Waals surface area contributed by atoms with E-state index < -0.39 is 0 Å². The first-order valence-electron chi connectivity index (χ1n) is 9.45. The molecule has 2 N–H and O–H groups in total. The van der Waals surface area contributed by atoms with E-state index in [4.69, 9.17) is 4.42 Å². The van der Waals surface area contributed by atoms with Gasteiger partial charge in [-0.3, -0.25) is 0 Å². The fourth-order valence-electron chi connectivity index (χ4n) is 4.13. The first kappa shape index (κ1) is 16.2. The molecule has 4 aromatic rings. The molecule has 0 spiro atoms. The summed E-state index contributed by atoms with van der Waals surface area (Å²) in [6.45, 7) is 1.77. The van der Waals surface area contributed by atoms with Gasteiger partial charge in [-0.25, -0.2) is 9.97 Å². The van der Waals surface area contributed by atoms with E-state index in [9.17, 15) is 0 Å². The molecule has 2 unspecified atom stereocenters. The maximum Gasteiger partial charge on any atom is 0.318 e. The number of piperidine rings is 1. The number of nitrogens with one attached hydrogen (secondary N) is 2. The zero-order valence-corrected chi connectivity index (χ0v) is 15.3. The lowest BCUT2D eigenvalue weighted by Gasteiger charge is -2.15. The third kappa shape index (κ3) is 2.89. The first-order valence-corrected chi connectivity index (χ1v) is 9.45. The summed E-state index contributed by atoms with van der Waals surface area (Å²) in [5.41, 5.74) is 2.54. The normalized spacial score (nSPS) is 22.5. The molecule has 0 radical (unpaired) electrons.